The molecule has 47 heavy (non-hydrogen) atoms. The zero-order valence-electron chi connectivity index (χ0n) is 31.0. The number of allylic oxidation sites excluding steroid dienone is 2. The molecular formula is C37H72NO8P. The number of hydrogen-bond donors (Lipinski definition) is 0. The molecule has 0 bridgehead atoms. The molecule has 9 nitrogen and oxygen atoms in total. The van der Waals surface area contributed by atoms with Crippen molar-refractivity contribution in [2.45, 2.75) is 168 Å². The number of carbonyl (C=O) groups is 2. The van der Waals surface area contributed by atoms with Crippen molar-refractivity contribution in [3.63, 3.8) is 0 Å². The minimum atomic E-state index is -4.61. The van der Waals surface area contributed by atoms with Crippen LogP contribution in [-0.4, -0.2) is 70.0 Å². The number of esters is 2. The molecule has 0 aliphatic heterocycles. The molecule has 0 aromatic rings. The van der Waals surface area contributed by atoms with E-state index >= 15 is 0 Å². The lowest BCUT2D eigenvalue weighted by molar-refractivity contribution is -0.870. The van der Waals surface area contributed by atoms with E-state index in [0.29, 0.717) is 17.4 Å². The van der Waals surface area contributed by atoms with Gasteiger partial charge < -0.3 is 27.9 Å². The van der Waals surface area contributed by atoms with Gasteiger partial charge in [0.15, 0.2) is 6.10 Å². The predicted octanol–water partition coefficient (Wildman–Crippen LogP) is 9.22. The third-order valence-corrected chi connectivity index (χ3v) is 9.00. The first kappa shape index (κ1) is 45.8. The van der Waals surface area contributed by atoms with Crippen molar-refractivity contribution in [2.24, 2.45) is 0 Å². The Balaban J connectivity index is 4.42. The zero-order chi connectivity index (χ0) is 35.1. The molecule has 10 heteroatoms. The van der Waals surface area contributed by atoms with Gasteiger partial charge >= 0.3 is 11.9 Å². The Morgan fingerprint density at radius 3 is 1.57 bits per heavy atom. The Morgan fingerprint density at radius 1 is 0.638 bits per heavy atom. The smallest absolute Gasteiger partial charge is 0.306 e. The molecular weight excluding hydrogens is 617 g/mol. The Bertz CT molecular complexity index is 830. The highest BCUT2D eigenvalue weighted by Gasteiger charge is 2.21. The zero-order valence-corrected chi connectivity index (χ0v) is 31.9. The summed E-state index contributed by atoms with van der Waals surface area (Å²) in [6.07, 6.45) is 28.1. The number of phosphoric ester groups is 1. The van der Waals surface area contributed by atoms with Crippen molar-refractivity contribution in [3.05, 3.63) is 12.2 Å². The monoisotopic (exact) mass is 689 g/mol. The summed E-state index contributed by atoms with van der Waals surface area (Å²) in [5, 5.41) is 0. The number of unbranched alkanes of at least 4 members (excludes halogenated alkanes) is 18. The van der Waals surface area contributed by atoms with Crippen LogP contribution in [-0.2, 0) is 32.7 Å². The maximum Gasteiger partial charge on any atom is 0.306 e. The fourth-order valence-corrected chi connectivity index (χ4v) is 5.73. The summed E-state index contributed by atoms with van der Waals surface area (Å²) in [5.41, 5.74) is 0. The molecule has 0 spiro atoms. The average molecular weight is 690 g/mol. The van der Waals surface area contributed by atoms with Crippen molar-refractivity contribution < 1.29 is 42.1 Å². The Kier molecular flexibility index (Phi) is 30.0. The van der Waals surface area contributed by atoms with E-state index in [1.807, 2.05) is 21.1 Å². The van der Waals surface area contributed by atoms with Crippen LogP contribution in [0.2, 0.25) is 0 Å². The molecule has 0 aliphatic rings. The number of likely N-dealkylation sites (N-methyl/N-ethyl adjacent to an activating group) is 1. The number of ether oxygens (including phenoxy) is 2. The van der Waals surface area contributed by atoms with Crippen molar-refractivity contribution in [1.82, 2.24) is 0 Å². The molecule has 0 radical (unpaired) electrons. The van der Waals surface area contributed by atoms with Gasteiger partial charge in [0.25, 0.3) is 7.82 Å². The lowest BCUT2D eigenvalue weighted by atomic mass is 10.1. The van der Waals surface area contributed by atoms with Crippen LogP contribution in [0.3, 0.4) is 0 Å². The number of quaternary nitrogens is 1. The SMILES string of the molecule is CCCCCCC/C=C/CCCCCCCC(=O)OC[C@@H](COP(=O)([O-])OCC[N+](C)(C)C)OC(=O)CCCCCCCCCCC. The lowest BCUT2D eigenvalue weighted by Gasteiger charge is -2.28. The molecule has 2 atom stereocenters. The standard InChI is InChI=1S/C37H72NO8P/c1-6-8-10-12-14-16-17-18-19-20-22-23-25-27-29-36(39)43-33-35(34-45-47(41,42)44-32-31-38(3,4)5)46-37(40)30-28-26-24-21-15-13-11-9-7-2/h17-18,35H,6-16,19-34H2,1-5H3/b18-17+/t35-/m0/s1. The Hall–Kier alpha value is -1.25. The van der Waals surface area contributed by atoms with Gasteiger partial charge in [-0.05, 0) is 38.5 Å². The normalized spacial score (nSPS) is 13.9. The van der Waals surface area contributed by atoms with Crippen molar-refractivity contribution in [2.75, 3.05) is 47.5 Å². The highest BCUT2D eigenvalue weighted by Crippen LogP contribution is 2.38. The van der Waals surface area contributed by atoms with Gasteiger partial charge in [-0.2, -0.15) is 0 Å². The summed E-state index contributed by atoms with van der Waals surface area (Å²) in [4.78, 5) is 37.2. The molecule has 0 aromatic carbocycles. The summed E-state index contributed by atoms with van der Waals surface area (Å²) < 4.78 is 33.7. The summed E-state index contributed by atoms with van der Waals surface area (Å²) in [6.45, 7) is 4.17. The van der Waals surface area contributed by atoms with Crippen LogP contribution >= 0.6 is 7.82 Å². The van der Waals surface area contributed by atoms with Gasteiger partial charge in [0.05, 0.1) is 27.7 Å². The van der Waals surface area contributed by atoms with E-state index in [4.69, 9.17) is 18.5 Å². The number of rotatable bonds is 34. The quantitative estimate of drug-likeness (QED) is 0.0216. The number of nitrogens with zero attached hydrogens (tertiary/aromatic N) is 1. The van der Waals surface area contributed by atoms with Gasteiger partial charge in [-0.25, -0.2) is 0 Å². The van der Waals surface area contributed by atoms with E-state index in [2.05, 4.69) is 26.0 Å². The predicted molar refractivity (Wildman–Crippen MR) is 190 cm³/mol. The minimum absolute atomic E-state index is 0.0295. The third-order valence-electron chi connectivity index (χ3n) is 8.04. The Labute approximate surface area is 288 Å². The maximum absolute atomic E-state index is 12.5. The lowest BCUT2D eigenvalue weighted by Crippen LogP contribution is -2.37. The Morgan fingerprint density at radius 2 is 1.09 bits per heavy atom. The first-order valence-electron chi connectivity index (χ1n) is 18.9. The van der Waals surface area contributed by atoms with E-state index in [1.165, 1.54) is 70.6 Å². The largest absolute Gasteiger partial charge is 0.756 e. The second-order valence-electron chi connectivity index (χ2n) is 13.9. The van der Waals surface area contributed by atoms with E-state index in [9.17, 15) is 19.0 Å². The van der Waals surface area contributed by atoms with E-state index < -0.39 is 32.5 Å². The molecule has 0 aromatic heterocycles. The van der Waals surface area contributed by atoms with Crippen molar-refractivity contribution in [3.8, 4) is 0 Å². The van der Waals surface area contributed by atoms with Crippen LogP contribution in [0.5, 0.6) is 0 Å². The van der Waals surface area contributed by atoms with Crippen molar-refractivity contribution >= 4 is 19.8 Å². The molecule has 0 rings (SSSR count). The van der Waals surface area contributed by atoms with E-state index in [0.717, 1.165) is 57.8 Å². The first-order chi connectivity index (χ1) is 22.5. The molecule has 0 amide bonds. The second kappa shape index (κ2) is 30.8. The van der Waals surface area contributed by atoms with Crippen molar-refractivity contribution in [1.29, 1.82) is 0 Å². The van der Waals surface area contributed by atoms with Gasteiger partial charge in [-0.1, -0.05) is 122 Å². The minimum Gasteiger partial charge on any atom is -0.756 e. The van der Waals surface area contributed by atoms with Crippen LogP contribution in [0.15, 0.2) is 12.2 Å². The van der Waals surface area contributed by atoms with Crippen LogP contribution < -0.4 is 4.89 Å². The third kappa shape index (κ3) is 34.4. The van der Waals surface area contributed by atoms with Crippen LogP contribution in [0, 0.1) is 0 Å². The number of phosphoric acid groups is 1. The van der Waals surface area contributed by atoms with Crippen LogP contribution in [0.4, 0.5) is 0 Å². The molecule has 278 valence electrons. The highest BCUT2D eigenvalue weighted by atomic mass is 31.2. The number of carbonyl (C=O) groups excluding carboxylic acids is 2. The van der Waals surface area contributed by atoms with E-state index in [-0.39, 0.29) is 26.1 Å². The molecule has 0 aliphatic carbocycles. The highest BCUT2D eigenvalue weighted by molar-refractivity contribution is 7.45. The summed E-state index contributed by atoms with van der Waals surface area (Å²) in [6, 6.07) is 0. The molecule has 0 saturated heterocycles. The first-order valence-corrected chi connectivity index (χ1v) is 20.4. The average Bonchev–Trinajstić information content (AvgIpc) is 3.01. The second-order valence-corrected chi connectivity index (χ2v) is 15.4. The topological polar surface area (TPSA) is 111 Å². The van der Waals surface area contributed by atoms with Gasteiger partial charge in [0.2, 0.25) is 0 Å². The van der Waals surface area contributed by atoms with Gasteiger partial charge in [0, 0.05) is 12.8 Å². The molecule has 0 heterocycles. The molecule has 0 N–H and O–H groups in total. The van der Waals surface area contributed by atoms with Gasteiger partial charge in [0.1, 0.15) is 19.8 Å². The van der Waals surface area contributed by atoms with Crippen LogP contribution in [0.25, 0.3) is 0 Å². The maximum atomic E-state index is 12.5. The number of hydrogen-bond acceptors (Lipinski definition) is 8. The van der Waals surface area contributed by atoms with E-state index in [1.54, 1.807) is 0 Å². The fourth-order valence-electron chi connectivity index (χ4n) is 5.00. The molecule has 0 saturated carbocycles. The summed E-state index contributed by atoms with van der Waals surface area (Å²) in [7, 11) is 1.16. The summed E-state index contributed by atoms with van der Waals surface area (Å²) in [5.74, 6) is -0.845. The molecule has 0 fully saturated rings. The van der Waals surface area contributed by atoms with Crippen LogP contribution in [0.1, 0.15) is 162 Å². The van der Waals surface area contributed by atoms with Gasteiger partial charge in [-0.3, -0.25) is 14.2 Å². The van der Waals surface area contributed by atoms with Gasteiger partial charge in [-0.15, -0.1) is 0 Å². The molecule has 1 unspecified atom stereocenters. The summed E-state index contributed by atoms with van der Waals surface area (Å²) >= 11 is 0. The fraction of sp³-hybridized carbons (Fsp3) is 0.892.